The molecule has 0 aromatic heterocycles. The van der Waals surface area contributed by atoms with E-state index in [-0.39, 0.29) is 5.41 Å². The Morgan fingerprint density at radius 1 is 1.41 bits per heavy atom. The van der Waals surface area contributed by atoms with Crippen LogP contribution in [0.25, 0.3) is 0 Å². The largest absolute Gasteiger partial charge is 0.409 e. The summed E-state index contributed by atoms with van der Waals surface area (Å²) in [5, 5.41) is 15.0. The predicted molar refractivity (Wildman–Crippen MR) is 69.4 cm³/mol. The quantitative estimate of drug-likeness (QED) is 0.316. The second-order valence-electron chi connectivity index (χ2n) is 4.99. The molecule has 4 nitrogen and oxygen atoms in total. The van der Waals surface area contributed by atoms with Crippen LogP contribution in [0.2, 0.25) is 0 Å². The van der Waals surface area contributed by atoms with E-state index in [4.69, 9.17) is 10.9 Å². The lowest BCUT2D eigenvalue weighted by molar-refractivity contribution is 0.315. The molecule has 92 valence electrons. The van der Waals surface area contributed by atoms with Crippen molar-refractivity contribution in [2.75, 3.05) is 11.9 Å². The van der Waals surface area contributed by atoms with Crippen LogP contribution >= 0.6 is 0 Å². The number of nitrogens with zero attached hydrogens (tertiary/aromatic N) is 1. The Bertz CT molecular complexity index is 407. The third kappa shape index (κ3) is 3.12. The number of hydrogen-bond donors (Lipinski definition) is 3. The van der Waals surface area contributed by atoms with Crippen LogP contribution in [0.5, 0.6) is 0 Å². The number of benzene rings is 1. The topological polar surface area (TPSA) is 70.6 Å². The predicted octanol–water partition coefficient (Wildman–Crippen LogP) is 2.32. The average molecular weight is 233 g/mol. The van der Waals surface area contributed by atoms with Gasteiger partial charge in [-0.25, -0.2) is 0 Å². The van der Waals surface area contributed by atoms with Gasteiger partial charge in [0, 0.05) is 18.7 Å². The van der Waals surface area contributed by atoms with Crippen LogP contribution < -0.4 is 11.1 Å². The summed E-state index contributed by atoms with van der Waals surface area (Å²) in [7, 11) is 0. The summed E-state index contributed by atoms with van der Waals surface area (Å²) in [6.07, 6.45) is 2.95. The lowest BCUT2D eigenvalue weighted by Crippen LogP contribution is -2.23. The second-order valence-corrected chi connectivity index (χ2v) is 4.99. The summed E-state index contributed by atoms with van der Waals surface area (Å²) in [5.41, 5.74) is 8.14. The molecule has 0 saturated heterocycles. The van der Waals surface area contributed by atoms with Crippen LogP contribution in [0.15, 0.2) is 29.4 Å². The van der Waals surface area contributed by atoms with Crippen molar-refractivity contribution < 1.29 is 5.21 Å². The van der Waals surface area contributed by atoms with Gasteiger partial charge in [0.15, 0.2) is 0 Å². The molecule has 0 amide bonds. The van der Waals surface area contributed by atoms with Crippen LogP contribution in [0.1, 0.15) is 24.8 Å². The van der Waals surface area contributed by atoms with Crippen LogP contribution in [0.4, 0.5) is 5.69 Å². The fraction of sp³-hybridized carbons (Fsp3) is 0.462. The first-order valence-electron chi connectivity index (χ1n) is 5.90. The van der Waals surface area contributed by atoms with Crippen LogP contribution in [-0.4, -0.2) is 17.6 Å². The minimum atomic E-state index is 0.196. The fourth-order valence-corrected chi connectivity index (χ4v) is 1.97. The third-order valence-electron chi connectivity index (χ3n) is 3.36. The zero-order valence-electron chi connectivity index (χ0n) is 10.1. The third-order valence-corrected chi connectivity index (χ3v) is 3.36. The van der Waals surface area contributed by atoms with Gasteiger partial charge in [0.05, 0.1) is 0 Å². The van der Waals surface area contributed by atoms with Crippen molar-refractivity contribution in [3.8, 4) is 0 Å². The van der Waals surface area contributed by atoms with E-state index in [0.29, 0.717) is 12.3 Å². The van der Waals surface area contributed by atoms with Gasteiger partial charge < -0.3 is 16.3 Å². The maximum atomic E-state index is 8.58. The molecular formula is C13H19N3O. The Morgan fingerprint density at radius 2 is 2.06 bits per heavy atom. The molecule has 2 rings (SSSR count). The number of nitrogens with one attached hydrogen (secondary N) is 1. The monoisotopic (exact) mass is 233 g/mol. The average Bonchev–Trinajstić information content (AvgIpc) is 3.09. The summed E-state index contributed by atoms with van der Waals surface area (Å²) >= 11 is 0. The van der Waals surface area contributed by atoms with E-state index in [1.807, 2.05) is 0 Å². The first kappa shape index (κ1) is 11.8. The van der Waals surface area contributed by atoms with Gasteiger partial charge in [-0.3, -0.25) is 0 Å². The van der Waals surface area contributed by atoms with Gasteiger partial charge in [0.2, 0.25) is 0 Å². The molecule has 0 radical (unpaired) electrons. The number of nitrogens with two attached hydrogens (primary N) is 1. The smallest absolute Gasteiger partial charge is 0.139 e. The molecule has 0 heterocycles. The highest BCUT2D eigenvalue weighted by Crippen LogP contribution is 2.48. The Hall–Kier alpha value is -1.71. The SMILES string of the molecule is Cc1ccc(NCC2(CC(N)=NO)CC2)cc1. The lowest BCUT2D eigenvalue weighted by Gasteiger charge is -2.16. The van der Waals surface area contributed by atoms with E-state index < -0.39 is 0 Å². The maximum Gasteiger partial charge on any atom is 0.139 e. The minimum Gasteiger partial charge on any atom is -0.409 e. The molecule has 0 atom stereocenters. The van der Waals surface area contributed by atoms with Gasteiger partial charge in [0.25, 0.3) is 0 Å². The molecule has 0 bridgehead atoms. The molecule has 0 unspecified atom stereocenters. The Kier molecular flexibility index (Phi) is 3.22. The van der Waals surface area contributed by atoms with E-state index >= 15 is 0 Å². The standard InChI is InChI=1S/C13H19N3O/c1-10-2-4-11(5-3-10)15-9-13(6-7-13)8-12(14)16-17/h2-5,15,17H,6-9H2,1H3,(H2,14,16). The summed E-state index contributed by atoms with van der Waals surface area (Å²) in [5.74, 6) is 0.327. The van der Waals surface area contributed by atoms with E-state index in [1.165, 1.54) is 5.56 Å². The molecular weight excluding hydrogens is 214 g/mol. The minimum absolute atomic E-state index is 0.196. The van der Waals surface area contributed by atoms with Crippen LogP contribution in [-0.2, 0) is 0 Å². The molecule has 17 heavy (non-hydrogen) atoms. The van der Waals surface area contributed by atoms with Crippen molar-refractivity contribution in [2.45, 2.75) is 26.2 Å². The number of hydrogen-bond acceptors (Lipinski definition) is 3. The highest BCUT2D eigenvalue weighted by Gasteiger charge is 2.43. The Labute approximate surface area is 102 Å². The van der Waals surface area contributed by atoms with Gasteiger partial charge in [-0.1, -0.05) is 22.9 Å². The number of amidine groups is 1. The molecule has 0 spiro atoms. The van der Waals surface area contributed by atoms with E-state index in [2.05, 4.69) is 41.7 Å². The normalized spacial score (nSPS) is 17.8. The van der Waals surface area contributed by atoms with Crippen molar-refractivity contribution >= 4 is 11.5 Å². The highest BCUT2D eigenvalue weighted by atomic mass is 16.4. The molecule has 1 aromatic rings. The van der Waals surface area contributed by atoms with Crippen LogP contribution in [0, 0.1) is 12.3 Å². The summed E-state index contributed by atoms with van der Waals surface area (Å²) in [4.78, 5) is 0. The molecule has 1 aromatic carbocycles. The van der Waals surface area contributed by atoms with Crippen molar-refractivity contribution in [2.24, 2.45) is 16.3 Å². The van der Waals surface area contributed by atoms with Crippen molar-refractivity contribution in [3.05, 3.63) is 29.8 Å². The second kappa shape index (κ2) is 4.65. The van der Waals surface area contributed by atoms with Gasteiger partial charge >= 0.3 is 0 Å². The highest BCUT2D eigenvalue weighted by molar-refractivity contribution is 5.80. The van der Waals surface area contributed by atoms with Gasteiger partial charge in [-0.05, 0) is 37.3 Å². The molecule has 0 aliphatic heterocycles. The van der Waals surface area contributed by atoms with Gasteiger partial charge in [-0.2, -0.15) is 0 Å². The number of aryl methyl sites for hydroxylation is 1. The molecule has 1 aliphatic rings. The van der Waals surface area contributed by atoms with Crippen molar-refractivity contribution in [1.29, 1.82) is 0 Å². The first-order valence-corrected chi connectivity index (χ1v) is 5.90. The van der Waals surface area contributed by atoms with E-state index in [9.17, 15) is 0 Å². The van der Waals surface area contributed by atoms with Crippen molar-refractivity contribution in [1.82, 2.24) is 0 Å². The summed E-state index contributed by atoms with van der Waals surface area (Å²) in [6, 6.07) is 8.33. The van der Waals surface area contributed by atoms with E-state index in [1.54, 1.807) is 0 Å². The zero-order chi connectivity index (χ0) is 12.3. The van der Waals surface area contributed by atoms with E-state index in [0.717, 1.165) is 25.1 Å². The Morgan fingerprint density at radius 3 is 2.59 bits per heavy atom. The summed E-state index contributed by atoms with van der Waals surface area (Å²) < 4.78 is 0. The molecule has 1 aliphatic carbocycles. The number of anilines is 1. The molecule has 4 N–H and O–H groups in total. The van der Waals surface area contributed by atoms with Crippen molar-refractivity contribution in [3.63, 3.8) is 0 Å². The number of oxime groups is 1. The zero-order valence-corrected chi connectivity index (χ0v) is 10.1. The molecule has 1 saturated carbocycles. The summed E-state index contributed by atoms with van der Waals surface area (Å²) in [6.45, 7) is 2.96. The lowest BCUT2D eigenvalue weighted by atomic mass is 10.0. The Balaban J connectivity index is 1.88. The maximum absolute atomic E-state index is 8.58. The van der Waals surface area contributed by atoms with Crippen LogP contribution in [0.3, 0.4) is 0 Å². The fourth-order valence-electron chi connectivity index (χ4n) is 1.97. The number of rotatable bonds is 5. The molecule has 4 heteroatoms. The molecule has 1 fully saturated rings. The van der Waals surface area contributed by atoms with Gasteiger partial charge in [0.1, 0.15) is 5.84 Å². The van der Waals surface area contributed by atoms with Gasteiger partial charge in [-0.15, -0.1) is 0 Å². The first-order chi connectivity index (χ1) is 8.13.